The van der Waals surface area contributed by atoms with Gasteiger partial charge in [0.25, 0.3) is 0 Å². The Hall–Kier alpha value is -0.0800. The fraction of sp³-hybridized carbons (Fsp3) is 1.00. The second-order valence-corrected chi connectivity index (χ2v) is 3.93. The molecule has 0 bridgehead atoms. The third kappa shape index (κ3) is 1.30. The van der Waals surface area contributed by atoms with Crippen LogP contribution >= 0.6 is 0 Å². The topological polar surface area (TPSA) is 29.5 Å². The summed E-state index contributed by atoms with van der Waals surface area (Å²) >= 11 is 0. The Kier molecular flexibility index (Phi) is 1.90. The highest BCUT2D eigenvalue weighted by atomic mass is 16.5. The molecule has 11 heavy (non-hydrogen) atoms. The number of rotatable bonds is 1. The van der Waals surface area contributed by atoms with E-state index in [0.29, 0.717) is 12.5 Å². The minimum Gasteiger partial charge on any atom is -0.396 e. The van der Waals surface area contributed by atoms with Crippen LogP contribution < -0.4 is 0 Å². The molecule has 2 aliphatic rings. The molecule has 1 unspecified atom stereocenters. The van der Waals surface area contributed by atoms with E-state index in [1.54, 1.807) is 0 Å². The van der Waals surface area contributed by atoms with E-state index in [-0.39, 0.29) is 5.60 Å². The molecule has 1 saturated carbocycles. The summed E-state index contributed by atoms with van der Waals surface area (Å²) in [5.74, 6) is 0.518. The van der Waals surface area contributed by atoms with Gasteiger partial charge in [0.2, 0.25) is 0 Å². The molecular weight excluding hydrogens is 140 g/mol. The number of aliphatic hydroxyl groups excluding tert-OH is 1. The van der Waals surface area contributed by atoms with Crippen LogP contribution in [-0.2, 0) is 4.74 Å². The van der Waals surface area contributed by atoms with Crippen LogP contribution in [0.1, 0.15) is 32.1 Å². The van der Waals surface area contributed by atoms with Gasteiger partial charge in [0.05, 0.1) is 5.60 Å². The van der Waals surface area contributed by atoms with Crippen molar-refractivity contribution in [3.8, 4) is 0 Å². The zero-order valence-corrected chi connectivity index (χ0v) is 6.88. The molecule has 1 N–H and O–H groups in total. The summed E-state index contributed by atoms with van der Waals surface area (Å²) in [5.41, 5.74) is 0.214. The fourth-order valence-electron chi connectivity index (χ4n) is 2.20. The first kappa shape index (κ1) is 7.56. The zero-order chi connectivity index (χ0) is 7.73. The summed E-state index contributed by atoms with van der Waals surface area (Å²) < 4.78 is 5.72. The van der Waals surface area contributed by atoms with E-state index in [1.165, 1.54) is 19.3 Å². The van der Waals surface area contributed by atoms with Crippen molar-refractivity contribution >= 4 is 0 Å². The van der Waals surface area contributed by atoms with Gasteiger partial charge < -0.3 is 9.84 Å². The average Bonchev–Trinajstić information content (AvgIpc) is 2.02. The van der Waals surface area contributed by atoms with Crippen LogP contribution in [0.25, 0.3) is 0 Å². The lowest BCUT2D eigenvalue weighted by atomic mass is 9.72. The van der Waals surface area contributed by atoms with Crippen molar-refractivity contribution in [1.29, 1.82) is 0 Å². The molecule has 0 aromatic carbocycles. The average molecular weight is 156 g/mol. The van der Waals surface area contributed by atoms with E-state index >= 15 is 0 Å². The van der Waals surface area contributed by atoms with Crippen molar-refractivity contribution in [3.05, 3.63) is 0 Å². The van der Waals surface area contributed by atoms with Crippen LogP contribution in [0.3, 0.4) is 0 Å². The second kappa shape index (κ2) is 2.76. The maximum Gasteiger partial charge on any atom is 0.0686 e. The van der Waals surface area contributed by atoms with Gasteiger partial charge in [-0.3, -0.25) is 0 Å². The Morgan fingerprint density at radius 1 is 1.45 bits per heavy atom. The molecule has 2 nitrogen and oxygen atoms in total. The molecule has 2 fully saturated rings. The van der Waals surface area contributed by atoms with Crippen molar-refractivity contribution < 1.29 is 9.84 Å². The summed E-state index contributed by atoms with van der Waals surface area (Å²) in [6.45, 7) is 1.22. The first-order valence-corrected chi connectivity index (χ1v) is 4.59. The van der Waals surface area contributed by atoms with E-state index in [4.69, 9.17) is 9.84 Å². The lowest BCUT2D eigenvalue weighted by molar-refractivity contribution is -0.147. The van der Waals surface area contributed by atoms with Gasteiger partial charge in [-0.2, -0.15) is 0 Å². The Balaban J connectivity index is 1.92. The number of hydrogen-bond donors (Lipinski definition) is 1. The van der Waals surface area contributed by atoms with Gasteiger partial charge in [0.1, 0.15) is 0 Å². The molecule has 1 heterocycles. The standard InChI is InChI=1S/C9H16O2/c10-7-8-2-5-11-9(6-8)3-1-4-9/h8,10H,1-7H2. The van der Waals surface area contributed by atoms with Crippen LogP contribution in [0.2, 0.25) is 0 Å². The normalized spacial score (nSPS) is 35.2. The molecule has 0 aromatic heterocycles. The molecule has 0 amide bonds. The van der Waals surface area contributed by atoms with Gasteiger partial charge in [-0.1, -0.05) is 0 Å². The lowest BCUT2D eigenvalue weighted by Gasteiger charge is -2.46. The molecule has 1 saturated heterocycles. The fourth-order valence-corrected chi connectivity index (χ4v) is 2.20. The van der Waals surface area contributed by atoms with Gasteiger partial charge in [-0.15, -0.1) is 0 Å². The highest BCUT2D eigenvalue weighted by Crippen LogP contribution is 2.43. The summed E-state index contributed by atoms with van der Waals surface area (Å²) in [4.78, 5) is 0. The van der Waals surface area contributed by atoms with Gasteiger partial charge in [-0.25, -0.2) is 0 Å². The molecule has 1 atom stereocenters. The lowest BCUT2D eigenvalue weighted by Crippen LogP contribution is -2.46. The maximum absolute atomic E-state index is 8.99. The van der Waals surface area contributed by atoms with E-state index in [0.717, 1.165) is 19.4 Å². The van der Waals surface area contributed by atoms with E-state index < -0.39 is 0 Å². The molecule has 2 rings (SSSR count). The van der Waals surface area contributed by atoms with Gasteiger partial charge in [0.15, 0.2) is 0 Å². The molecule has 1 spiro atoms. The largest absolute Gasteiger partial charge is 0.396 e. The number of hydrogen-bond acceptors (Lipinski definition) is 2. The third-order valence-electron chi connectivity index (χ3n) is 3.12. The molecule has 1 aliphatic carbocycles. The van der Waals surface area contributed by atoms with Crippen LogP contribution in [0.5, 0.6) is 0 Å². The highest BCUT2D eigenvalue weighted by Gasteiger charge is 2.42. The van der Waals surface area contributed by atoms with Crippen LogP contribution in [0.4, 0.5) is 0 Å². The SMILES string of the molecule is OCC1CCOC2(CCC2)C1. The monoisotopic (exact) mass is 156 g/mol. The summed E-state index contributed by atoms with van der Waals surface area (Å²) in [5, 5.41) is 8.99. The van der Waals surface area contributed by atoms with Gasteiger partial charge in [0, 0.05) is 13.2 Å². The predicted octanol–water partition coefficient (Wildman–Crippen LogP) is 1.33. The molecule has 0 radical (unpaired) electrons. The Bertz CT molecular complexity index is 140. The van der Waals surface area contributed by atoms with Crippen LogP contribution in [0.15, 0.2) is 0 Å². The summed E-state index contributed by atoms with van der Waals surface area (Å²) in [6, 6.07) is 0. The van der Waals surface area contributed by atoms with Crippen molar-refractivity contribution in [2.24, 2.45) is 5.92 Å². The molecule has 0 aromatic rings. The summed E-state index contributed by atoms with van der Waals surface area (Å²) in [7, 11) is 0. The molecule has 1 aliphatic heterocycles. The number of aliphatic hydroxyl groups is 1. The van der Waals surface area contributed by atoms with Crippen molar-refractivity contribution in [3.63, 3.8) is 0 Å². The maximum atomic E-state index is 8.99. The van der Waals surface area contributed by atoms with Crippen LogP contribution in [-0.4, -0.2) is 23.9 Å². The molecule has 64 valence electrons. The second-order valence-electron chi connectivity index (χ2n) is 3.93. The minimum absolute atomic E-state index is 0.214. The van der Waals surface area contributed by atoms with E-state index in [2.05, 4.69) is 0 Å². The van der Waals surface area contributed by atoms with Crippen molar-refractivity contribution in [2.75, 3.05) is 13.2 Å². The zero-order valence-electron chi connectivity index (χ0n) is 6.88. The Labute approximate surface area is 67.6 Å². The number of ether oxygens (including phenoxy) is 1. The summed E-state index contributed by atoms with van der Waals surface area (Å²) in [6.07, 6.45) is 5.92. The van der Waals surface area contributed by atoms with E-state index in [9.17, 15) is 0 Å². The smallest absolute Gasteiger partial charge is 0.0686 e. The molecule has 2 heteroatoms. The van der Waals surface area contributed by atoms with Crippen LogP contribution in [0, 0.1) is 5.92 Å². The first-order valence-electron chi connectivity index (χ1n) is 4.59. The molecular formula is C9H16O2. The predicted molar refractivity (Wildman–Crippen MR) is 42.3 cm³/mol. The Morgan fingerprint density at radius 3 is 2.82 bits per heavy atom. The third-order valence-corrected chi connectivity index (χ3v) is 3.12. The highest BCUT2D eigenvalue weighted by molar-refractivity contribution is 4.93. The minimum atomic E-state index is 0.214. The van der Waals surface area contributed by atoms with Gasteiger partial charge in [-0.05, 0) is 38.0 Å². The quantitative estimate of drug-likeness (QED) is 0.620. The first-order chi connectivity index (χ1) is 5.35. The Morgan fingerprint density at radius 2 is 2.27 bits per heavy atom. The van der Waals surface area contributed by atoms with Crippen molar-refractivity contribution in [2.45, 2.75) is 37.7 Å². The van der Waals surface area contributed by atoms with E-state index in [1.807, 2.05) is 0 Å². The van der Waals surface area contributed by atoms with Crippen molar-refractivity contribution in [1.82, 2.24) is 0 Å². The van der Waals surface area contributed by atoms with Gasteiger partial charge >= 0.3 is 0 Å².